The molecule has 0 spiro atoms. The first kappa shape index (κ1) is 21.4. The summed E-state index contributed by atoms with van der Waals surface area (Å²) in [5, 5.41) is 19.1. The Morgan fingerprint density at radius 1 is 0.952 bits per heavy atom. The van der Waals surface area contributed by atoms with Gasteiger partial charge in [-0.3, -0.25) is 9.59 Å². The average molecular weight is 303 g/mol. The maximum absolute atomic E-state index is 10.6. The van der Waals surface area contributed by atoms with Crippen molar-refractivity contribution in [3.8, 4) is 0 Å². The molecule has 1 amide bonds. The molecule has 0 aliphatic rings. The smallest absolute Gasteiger partial charge is 0.372 e. The molecule has 0 aliphatic heterocycles. The summed E-state index contributed by atoms with van der Waals surface area (Å²) in [5.74, 6) is -2.91. The van der Waals surface area contributed by atoms with E-state index in [1.807, 2.05) is 13.8 Å². The molecule has 0 aromatic heterocycles. The van der Waals surface area contributed by atoms with Crippen LogP contribution in [0.2, 0.25) is 0 Å². The van der Waals surface area contributed by atoms with E-state index in [0.717, 1.165) is 0 Å². The number of carboxylic acids is 2. The normalized spacial score (nSPS) is 11.4. The molecule has 21 heavy (non-hydrogen) atoms. The van der Waals surface area contributed by atoms with E-state index >= 15 is 0 Å². The lowest BCUT2D eigenvalue weighted by Gasteiger charge is -2.14. The molecule has 0 fully saturated rings. The third kappa shape index (κ3) is 14.3. The maximum Gasteiger partial charge on any atom is 0.372 e. The Labute approximate surface area is 124 Å². The molecule has 0 rings (SSSR count). The summed E-state index contributed by atoms with van der Waals surface area (Å²) < 4.78 is 0. The van der Waals surface area contributed by atoms with Crippen LogP contribution >= 0.6 is 0 Å². The van der Waals surface area contributed by atoms with E-state index in [1.165, 1.54) is 6.92 Å². The number of amides is 1. The molecule has 3 N–H and O–H groups in total. The minimum absolute atomic E-state index is 0.133. The molecule has 0 aromatic carbocycles. The highest BCUT2D eigenvalue weighted by atomic mass is 16.4. The second-order valence-electron chi connectivity index (χ2n) is 5.55. The zero-order chi connectivity index (χ0) is 17.2. The summed E-state index contributed by atoms with van der Waals surface area (Å²) >= 11 is 0. The minimum Gasteiger partial charge on any atom is -0.480 e. The van der Waals surface area contributed by atoms with Gasteiger partial charge in [-0.15, -0.1) is 0 Å². The van der Waals surface area contributed by atoms with Crippen molar-refractivity contribution in [1.29, 1.82) is 0 Å². The van der Waals surface area contributed by atoms with E-state index in [0.29, 0.717) is 6.42 Å². The molecule has 0 unspecified atom stereocenters. The lowest BCUT2D eigenvalue weighted by atomic mass is 10.0. The summed E-state index contributed by atoms with van der Waals surface area (Å²) in [7, 11) is 0. The van der Waals surface area contributed by atoms with Crippen LogP contribution in [0.3, 0.4) is 0 Å². The summed E-state index contributed by atoms with van der Waals surface area (Å²) in [5.41, 5.74) is 0. The second kappa shape index (κ2) is 10.8. The SMILES string of the molecule is CC(=O)N[C@@H](CC(C)C)C(=O)O.CC(C)CC(=O)C(=O)O. The zero-order valence-corrected chi connectivity index (χ0v) is 13.2. The van der Waals surface area contributed by atoms with Crippen LogP contribution in [0.15, 0.2) is 0 Å². The van der Waals surface area contributed by atoms with Crippen LogP contribution in [0, 0.1) is 11.8 Å². The number of carbonyl (C=O) groups excluding carboxylic acids is 2. The lowest BCUT2D eigenvalue weighted by molar-refractivity contribution is -0.149. The van der Waals surface area contributed by atoms with Gasteiger partial charge in [0.2, 0.25) is 11.7 Å². The number of aliphatic carboxylic acids is 2. The van der Waals surface area contributed by atoms with Gasteiger partial charge in [-0.05, 0) is 18.3 Å². The summed E-state index contributed by atoms with van der Waals surface area (Å²) in [4.78, 5) is 41.4. The Morgan fingerprint density at radius 2 is 1.43 bits per heavy atom. The first-order valence-electron chi connectivity index (χ1n) is 6.73. The van der Waals surface area contributed by atoms with Gasteiger partial charge in [-0.2, -0.15) is 0 Å². The van der Waals surface area contributed by atoms with E-state index in [1.54, 1.807) is 13.8 Å². The molecule has 0 bridgehead atoms. The van der Waals surface area contributed by atoms with Gasteiger partial charge in [0.15, 0.2) is 0 Å². The standard InChI is InChI=1S/C8H15NO3.C6H10O3/c1-5(2)4-7(8(11)12)9-6(3)10;1-4(2)3-5(7)6(8)9/h5,7H,4H2,1-3H3,(H,9,10)(H,11,12);4H,3H2,1-2H3,(H,8,9)/t7-;/m0./s1. The Bertz CT molecular complexity index is 376. The van der Waals surface area contributed by atoms with Crippen LogP contribution < -0.4 is 5.32 Å². The van der Waals surface area contributed by atoms with E-state index in [9.17, 15) is 19.2 Å². The number of carbonyl (C=O) groups is 4. The molecule has 7 heteroatoms. The Kier molecular flexibility index (Phi) is 11.0. The number of hydrogen-bond donors (Lipinski definition) is 3. The Hall–Kier alpha value is -1.92. The van der Waals surface area contributed by atoms with Gasteiger partial charge in [-0.25, -0.2) is 9.59 Å². The zero-order valence-electron chi connectivity index (χ0n) is 13.2. The van der Waals surface area contributed by atoms with Gasteiger partial charge in [0.05, 0.1) is 0 Å². The van der Waals surface area contributed by atoms with Crippen LogP contribution in [-0.2, 0) is 19.2 Å². The minimum atomic E-state index is -1.33. The third-order valence-electron chi connectivity index (χ3n) is 2.21. The van der Waals surface area contributed by atoms with Crippen molar-refractivity contribution in [2.75, 3.05) is 0 Å². The highest BCUT2D eigenvalue weighted by Gasteiger charge is 2.18. The van der Waals surface area contributed by atoms with Crippen molar-refractivity contribution in [3.63, 3.8) is 0 Å². The molecule has 0 aliphatic carbocycles. The number of nitrogens with one attached hydrogen (secondary N) is 1. The predicted molar refractivity (Wildman–Crippen MR) is 76.8 cm³/mol. The van der Waals surface area contributed by atoms with E-state index < -0.39 is 23.8 Å². The number of hydrogen-bond acceptors (Lipinski definition) is 4. The average Bonchev–Trinajstić information content (AvgIpc) is 2.26. The van der Waals surface area contributed by atoms with Crippen molar-refractivity contribution >= 4 is 23.6 Å². The molecule has 0 radical (unpaired) electrons. The van der Waals surface area contributed by atoms with Gasteiger partial charge in [0, 0.05) is 13.3 Å². The third-order valence-corrected chi connectivity index (χ3v) is 2.21. The van der Waals surface area contributed by atoms with Crippen molar-refractivity contribution in [2.45, 2.75) is 53.5 Å². The topological polar surface area (TPSA) is 121 Å². The van der Waals surface area contributed by atoms with Gasteiger partial charge in [-0.1, -0.05) is 27.7 Å². The molecule has 122 valence electrons. The van der Waals surface area contributed by atoms with E-state index in [2.05, 4.69) is 5.32 Å². The van der Waals surface area contributed by atoms with E-state index in [4.69, 9.17) is 10.2 Å². The van der Waals surface area contributed by atoms with Crippen LogP contribution in [0.4, 0.5) is 0 Å². The van der Waals surface area contributed by atoms with Crippen LogP contribution in [0.5, 0.6) is 0 Å². The van der Waals surface area contributed by atoms with Crippen LogP contribution in [0.25, 0.3) is 0 Å². The number of rotatable bonds is 7. The number of Topliss-reactive ketones (excluding diaryl/α,β-unsaturated/α-hetero) is 1. The fourth-order valence-corrected chi connectivity index (χ4v) is 1.40. The second-order valence-corrected chi connectivity index (χ2v) is 5.55. The summed E-state index contributed by atoms with van der Waals surface area (Å²) in [6, 6.07) is -0.748. The predicted octanol–water partition coefficient (Wildman–Crippen LogP) is 1.31. The summed E-state index contributed by atoms with van der Waals surface area (Å²) in [6.07, 6.45) is 0.601. The first-order valence-corrected chi connectivity index (χ1v) is 6.73. The molecule has 1 atom stereocenters. The monoisotopic (exact) mass is 303 g/mol. The maximum atomic E-state index is 10.6. The highest BCUT2D eigenvalue weighted by molar-refractivity contribution is 6.32. The number of ketones is 1. The van der Waals surface area contributed by atoms with Gasteiger partial charge < -0.3 is 15.5 Å². The highest BCUT2D eigenvalue weighted by Crippen LogP contribution is 2.04. The molecular weight excluding hydrogens is 278 g/mol. The fourth-order valence-electron chi connectivity index (χ4n) is 1.40. The Morgan fingerprint density at radius 3 is 1.62 bits per heavy atom. The molecule has 7 nitrogen and oxygen atoms in total. The fraction of sp³-hybridized carbons (Fsp3) is 0.714. The number of carboxylic acid groups (broad SMARTS) is 2. The van der Waals surface area contributed by atoms with Crippen molar-refractivity contribution in [1.82, 2.24) is 5.32 Å². The lowest BCUT2D eigenvalue weighted by Crippen LogP contribution is -2.40. The summed E-state index contributed by atoms with van der Waals surface area (Å²) in [6.45, 7) is 8.76. The van der Waals surface area contributed by atoms with E-state index in [-0.39, 0.29) is 24.2 Å². The molecule has 0 saturated carbocycles. The largest absolute Gasteiger partial charge is 0.480 e. The Balaban J connectivity index is 0. The van der Waals surface area contributed by atoms with Gasteiger partial charge in [0.1, 0.15) is 6.04 Å². The van der Waals surface area contributed by atoms with Crippen LogP contribution in [0.1, 0.15) is 47.5 Å². The molecule has 0 heterocycles. The molecule has 0 aromatic rings. The van der Waals surface area contributed by atoms with Gasteiger partial charge >= 0.3 is 11.9 Å². The van der Waals surface area contributed by atoms with Crippen molar-refractivity contribution < 1.29 is 29.4 Å². The first-order chi connectivity index (χ1) is 9.47. The van der Waals surface area contributed by atoms with Crippen molar-refractivity contribution in [3.05, 3.63) is 0 Å². The van der Waals surface area contributed by atoms with Gasteiger partial charge in [0.25, 0.3) is 0 Å². The molecular formula is C14H25NO6. The quantitative estimate of drug-likeness (QED) is 0.610. The van der Waals surface area contributed by atoms with Crippen molar-refractivity contribution in [2.24, 2.45) is 11.8 Å². The molecule has 0 saturated heterocycles. The van der Waals surface area contributed by atoms with Crippen LogP contribution in [-0.4, -0.2) is 39.9 Å².